The molecule has 2 N–H and O–H groups in total. The van der Waals surface area contributed by atoms with Gasteiger partial charge in [-0.25, -0.2) is 9.59 Å². The number of hydrogen-bond acceptors (Lipinski definition) is 6. The quantitative estimate of drug-likeness (QED) is 0.493. The molecule has 150 valence electrons. The smallest absolute Gasteiger partial charge is 0.383 e. The minimum absolute atomic E-state index is 0.0752. The molecule has 0 atom stereocenters. The molecule has 7 nitrogen and oxygen atoms in total. The summed E-state index contributed by atoms with van der Waals surface area (Å²) in [6.45, 7) is 5.53. The van der Waals surface area contributed by atoms with E-state index in [-0.39, 0.29) is 29.1 Å². The van der Waals surface area contributed by atoms with Gasteiger partial charge in [0.15, 0.2) is 12.4 Å². The summed E-state index contributed by atoms with van der Waals surface area (Å²) in [5.41, 5.74) is 1.60. The molecule has 0 saturated heterocycles. The molecule has 0 spiro atoms. The number of carboxylic acids is 1. The van der Waals surface area contributed by atoms with Crippen molar-refractivity contribution in [1.29, 1.82) is 0 Å². The van der Waals surface area contributed by atoms with Crippen molar-refractivity contribution in [3.8, 4) is 17.2 Å². The van der Waals surface area contributed by atoms with Gasteiger partial charge >= 0.3 is 11.6 Å². The number of fused-ring (bicyclic) bond motifs is 1. The van der Waals surface area contributed by atoms with E-state index in [1.54, 1.807) is 0 Å². The van der Waals surface area contributed by atoms with E-state index in [2.05, 4.69) is 6.08 Å². The fourth-order valence-electron chi connectivity index (χ4n) is 2.53. The van der Waals surface area contributed by atoms with Crippen molar-refractivity contribution in [3.05, 3.63) is 51.9 Å². The largest absolute Gasteiger partial charge is 0.503 e. The zero-order valence-electron chi connectivity index (χ0n) is 16.2. The van der Waals surface area contributed by atoms with Crippen LogP contribution in [0, 0.1) is 0 Å². The molecule has 0 aliphatic carbocycles. The summed E-state index contributed by atoms with van der Waals surface area (Å²) in [5.74, 6) is -1.87. The highest BCUT2D eigenvalue weighted by Gasteiger charge is 2.19. The van der Waals surface area contributed by atoms with E-state index in [1.807, 2.05) is 26.8 Å². The van der Waals surface area contributed by atoms with Gasteiger partial charge in [0, 0.05) is 0 Å². The Morgan fingerprint density at radius 3 is 2.61 bits per heavy atom. The van der Waals surface area contributed by atoms with E-state index in [9.17, 15) is 14.7 Å². The van der Waals surface area contributed by atoms with Gasteiger partial charge in [-0.1, -0.05) is 23.3 Å². The topological polar surface area (TPSA) is 106 Å². The maximum Gasteiger partial charge on any atom is 0.383 e. The van der Waals surface area contributed by atoms with Crippen LogP contribution >= 0.6 is 0 Å². The summed E-state index contributed by atoms with van der Waals surface area (Å²) in [5, 5.41) is 19.4. The second-order valence-corrected chi connectivity index (χ2v) is 6.56. The van der Waals surface area contributed by atoms with Crippen molar-refractivity contribution in [2.45, 2.75) is 33.6 Å². The van der Waals surface area contributed by atoms with Gasteiger partial charge in [-0.2, -0.15) is 0 Å². The van der Waals surface area contributed by atoms with Crippen molar-refractivity contribution in [2.75, 3.05) is 13.2 Å². The normalized spacial score (nSPS) is 11.3. The molecule has 0 aliphatic rings. The number of allylic oxidation sites excluding steroid dienone is 3. The molecule has 0 saturated carbocycles. The van der Waals surface area contributed by atoms with Crippen LogP contribution in [-0.4, -0.2) is 29.4 Å². The number of aromatic hydroxyl groups is 1. The van der Waals surface area contributed by atoms with Crippen molar-refractivity contribution in [3.63, 3.8) is 0 Å². The van der Waals surface area contributed by atoms with E-state index in [1.165, 1.54) is 23.8 Å². The molecular formula is C21H24O7. The standard InChI is InChI=1S/C21H24O7/c1-13(2)6-4-7-14(3)10-11-26-20-19(24)18-15(27-12-17(22)23)8-5-9-16(18)28-21(20)25/h5-6,8-10,24H,4,7,11-12H2,1-3H3,(H,22,23). The second-order valence-electron chi connectivity index (χ2n) is 6.56. The predicted molar refractivity (Wildman–Crippen MR) is 105 cm³/mol. The highest BCUT2D eigenvalue weighted by Crippen LogP contribution is 2.37. The lowest BCUT2D eigenvalue weighted by molar-refractivity contribution is -0.139. The van der Waals surface area contributed by atoms with Crippen molar-refractivity contribution in [1.82, 2.24) is 0 Å². The fraction of sp³-hybridized carbons (Fsp3) is 0.333. The Morgan fingerprint density at radius 1 is 1.18 bits per heavy atom. The number of carboxylic acid groups (broad SMARTS) is 1. The number of carbonyl (C=O) groups is 1. The first-order chi connectivity index (χ1) is 13.3. The average Bonchev–Trinajstić information content (AvgIpc) is 2.62. The first-order valence-electron chi connectivity index (χ1n) is 8.84. The lowest BCUT2D eigenvalue weighted by Gasteiger charge is -2.11. The van der Waals surface area contributed by atoms with E-state index in [4.69, 9.17) is 19.0 Å². The number of ether oxygens (including phenoxy) is 2. The molecule has 2 aromatic rings. The van der Waals surface area contributed by atoms with Crippen LogP contribution in [0.1, 0.15) is 33.6 Å². The number of aliphatic carboxylic acids is 1. The van der Waals surface area contributed by atoms with Crippen LogP contribution in [0.2, 0.25) is 0 Å². The SMILES string of the molecule is CC(C)=CCCC(C)=CCOc1c(O)c2c(OCC(=O)O)cccc2oc1=O. The van der Waals surface area contributed by atoms with Crippen LogP contribution in [0.25, 0.3) is 11.0 Å². The molecule has 0 aliphatic heterocycles. The Hall–Kier alpha value is -3.22. The molecule has 0 amide bonds. The van der Waals surface area contributed by atoms with Crippen molar-refractivity contribution in [2.24, 2.45) is 0 Å². The second kappa shape index (κ2) is 9.64. The molecule has 28 heavy (non-hydrogen) atoms. The average molecular weight is 388 g/mol. The molecule has 0 bridgehead atoms. The summed E-state index contributed by atoms with van der Waals surface area (Å²) in [7, 11) is 0. The highest BCUT2D eigenvalue weighted by molar-refractivity contribution is 5.91. The maximum atomic E-state index is 12.1. The summed E-state index contributed by atoms with van der Waals surface area (Å²) in [6.07, 6.45) is 5.74. The van der Waals surface area contributed by atoms with Crippen LogP contribution < -0.4 is 15.1 Å². The number of hydrogen-bond donors (Lipinski definition) is 2. The van der Waals surface area contributed by atoms with E-state index < -0.39 is 24.0 Å². The zero-order valence-corrected chi connectivity index (χ0v) is 16.2. The van der Waals surface area contributed by atoms with Crippen LogP contribution in [0.4, 0.5) is 0 Å². The van der Waals surface area contributed by atoms with Crippen LogP contribution in [0.3, 0.4) is 0 Å². The first-order valence-corrected chi connectivity index (χ1v) is 8.84. The molecule has 0 unspecified atom stereocenters. The lowest BCUT2D eigenvalue weighted by atomic mass is 10.1. The molecule has 1 aromatic carbocycles. The van der Waals surface area contributed by atoms with Gasteiger partial charge in [-0.3, -0.25) is 0 Å². The van der Waals surface area contributed by atoms with Gasteiger partial charge < -0.3 is 24.1 Å². The van der Waals surface area contributed by atoms with Crippen LogP contribution in [-0.2, 0) is 4.79 Å². The summed E-state index contributed by atoms with van der Waals surface area (Å²) < 4.78 is 15.8. The van der Waals surface area contributed by atoms with Gasteiger partial charge in [0.25, 0.3) is 0 Å². The molecule has 1 heterocycles. The minimum Gasteiger partial charge on any atom is -0.503 e. The highest BCUT2D eigenvalue weighted by atomic mass is 16.5. The molecule has 2 rings (SSSR count). The number of rotatable bonds is 9. The Labute approximate surface area is 162 Å². The van der Waals surface area contributed by atoms with Gasteiger partial charge in [0.1, 0.15) is 23.3 Å². The first kappa shape index (κ1) is 21.1. The summed E-state index contributed by atoms with van der Waals surface area (Å²) >= 11 is 0. The molecule has 7 heteroatoms. The maximum absolute atomic E-state index is 12.1. The Bertz CT molecular complexity index is 963. The van der Waals surface area contributed by atoms with Gasteiger partial charge in [0.05, 0.1) is 0 Å². The van der Waals surface area contributed by atoms with Gasteiger partial charge in [-0.15, -0.1) is 0 Å². The van der Waals surface area contributed by atoms with Crippen molar-refractivity contribution < 1.29 is 28.9 Å². The summed E-state index contributed by atoms with van der Waals surface area (Å²) in [4.78, 5) is 22.9. The molecule has 0 radical (unpaired) electrons. The summed E-state index contributed by atoms with van der Waals surface area (Å²) in [6, 6.07) is 4.48. The Balaban J connectivity index is 2.22. The minimum atomic E-state index is -1.17. The molecule has 1 aromatic heterocycles. The third-order valence-corrected chi connectivity index (χ3v) is 3.93. The number of benzene rings is 1. The lowest BCUT2D eigenvalue weighted by Crippen LogP contribution is -2.11. The third kappa shape index (κ3) is 5.64. The third-order valence-electron chi connectivity index (χ3n) is 3.93. The van der Waals surface area contributed by atoms with Gasteiger partial charge in [-0.05, 0) is 51.8 Å². The monoisotopic (exact) mass is 388 g/mol. The predicted octanol–water partition coefficient (Wildman–Crippen LogP) is 4.03. The van der Waals surface area contributed by atoms with Crippen LogP contribution in [0.15, 0.2) is 50.7 Å². The van der Waals surface area contributed by atoms with Gasteiger partial charge in [0.2, 0.25) is 5.75 Å². The van der Waals surface area contributed by atoms with Crippen molar-refractivity contribution >= 4 is 16.9 Å². The van der Waals surface area contributed by atoms with E-state index in [0.717, 1.165) is 18.4 Å². The van der Waals surface area contributed by atoms with Crippen LogP contribution in [0.5, 0.6) is 17.2 Å². The molecular weight excluding hydrogens is 364 g/mol. The fourth-order valence-corrected chi connectivity index (χ4v) is 2.53. The van der Waals surface area contributed by atoms with E-state index >= 15 is 0 Å². The van der Waals surface area contributed by atoms with E-state index in [0.29, 0.717) is 0 Å². The Kier molecular flexibility index (Phi) is 7.26. The zero-order chi connectivity index (χ0) is 20.7. The molecule has 0 fully saturated rings. The Morgan fingerprint density at radius 2 is 1.93 bits per heavy atom.